The Morgan fingerprint density at radius 1 is 1.03 bits per heavy atom. The Morgan fingerprint density at radius 2 is 1.77 bits per heavy atom. The number of thioether (sulfide) groups is 1. The van der Waals surface area contributed by atoms with Crippen LogP contribution in [0.2, 0.25) is 0 Å². The molecular weight excluding hydrogens is 470 g/mol. The average Bonchev–Trinajstić information content (AvgIpc) is 2.86. The molecule has 0 aliphatic heterocycles. The summed E-state index contributed by atoms with van der Waals surface area (Å²) in [5.74, 6) is -1.28. The maximum absolute atomic E-state index is 13.3. The van der Waals surface area contributed by atoms with E-state index in [4.69, 9.17) is 0 Å². The Balaban J connectivity index is 1.50. The number of aryl methyl sites for hydroxylation is 1. The van der Waals surface area contributed by atoms with Crippen molar-refractivity contribution in [2.45, 2.75) is 12.1 Å². The Morgan fingerprint density at radius 3 is 2.49 bits per heavy atom. The number of nitrogens with one attached hydrogen (secondary N) is 2. The molecule has 176 valence electrons. The van der Waals surface area contributed by atoms with E-state index in [1.54, 1.807) is 30.3 Å². The van der Waals surface area contributed by atoms with Crippen LogP contribution in [0.1, 0.15) is 15.9 Å². The molecule has 0 aliphatic carbocycles. The van der Waals surface area contributed by atoms with E-state index in [0.717, 1.165) is 17.3 Å². The molecule has 0 radical (unpaired) electrons. The largest absolute Gasteiger partial charge is 0.272 e. The van der Waals surface area contributed by atoms with Crippen LogP contribution in [0.4, 0.5) is 5.69 Å². The van der Waals surface area contributed by atoms with Crippen molar-refractivity contribution >= 4 is 40.2 Å². The van der Waals surface area contributed by atoms with Gasteiger partial charge in [0.15, 0.2) is 5.16 Å². The fourth-order valence-electron chi connectivity index (χ4n) is 3.30. The van der Waals surface area contributed by atoms with Crippen molar-refractivity contribution in [3.8, 4) is 5.69 Å². The number of benzene rings is 3. The van der Waals surface area contributed by atoms with Crippen molar-refractivity contribution in [1.29, 1.82) is 0 Å². The lowest BCUT2D eigenvalue weighted by Crippen LogP contribution is -2.42. The summed E-state index contributed by atoms with van der Waals surface area (Å²) in [7, 11) is 0. The standard InChI is InChI=1S/C24H19N5O5S/c1-15-5-4-6-18(13-15)28-23(32)19-7-2-3-8-20(19)25-24(28)35-14-21(30)26-27-22(31)16-9-11-17(12-10-16)29(33)34/h2-13H,14H2,1H3,(H,26,30)(H,27,31). The molecule has 0 aliphatic rings. The third kappa shape index (κ3) is 5.36. The van der Waals surface area contributed by atoms with E-state index >= 15 is 0 Å². The van der Waals surface area contributed by atoms with E-state index in [9.17, 15) is 24.5 Å². The lowest BCUT2D eigenvalue weighted by atomic mass is 10.2. The van der Waals surface area contributed by atoms with Crippen molar-refractivity contribution in [1.82, 2.24) is 20.4 Å². The minimum absolute atomic E-state index is 0.128. The van der Waals surface area contributed by atoms with Gasteiger partial charge in [-0.1, -0.05) is 36.0 Å². The minimum atomic E-state index is -0.626. The Labute approximate surface area is 203 Å². The molecule has 0 unspecified atom stereocenters. The number of hydrogen-bond donors (Lipinski definition) is 2. The third-order valence-electron chi connectivity index (χ3n) is 4.99. The molecule has 0 saturated heterocycles. The molecule has 35 heavy (non-hydrogen) atoms. The molecular formula is C24H19N5O5S. The Bertz CT molecular complexity index is 1500. The summed E-state index contributed by atoms with van der Waals surface area (Å²) in [4.78, 5) is 52.6. The number of amides is 2. The summed E-state index contributed by atoms with van der Waals surface area (Å²) in [6, 6.07) is 19.3. The number of hydrazine groups is 1. The lowest BCUT2D eigenvalue weighted by molar-refractivity contribution is -0.384. The number of nitro benzene ring substituents is 1. The van der Waals surface area contributed by atoms with Crippen LogP contribution in [0.25, 0.3) is 16.6 Å². The summed E-state index contributed by atoms with van der Waals surface area (Å²) in [6.45, 7) is 1.91. The number of non-ortho nitro benzene ring substituents is 1. The monoisotopic (exact) mass is 489 g/mol. The highest BCUT2D eigenvalue weighted by molar-refractivity contribution is 7.99. The molecule has 11 heteroatoms. The second kappa shape index (κ2) is 10.2. The zero-order chi connectivity index (χ0) is 24.9. The number of hydrogen-bond acceptors (Lipinski definition) is 7. The van der Waals surface area contributed by atoms with Crippen LogP contribution in [0.5, 0.6) is 0 Å². The van der Waals surface area contributed by atoms with E-state index in [1.165, 1.54) is 28.8 Å². The number of nitro groups is 1. The molecule has 10 nitrogen and oxygen atoms in total. The highest BCUT2D eigenvalue weighted by Gasteiger charge is 2.16. The molecule has 1 aromatic heterocycles. The number of fused-ring (bicyclic) bond motifs is 1. The minimum Gasteiger partial charge on any atom is -0.272 e. The summed E-state index contributed by atoms with van der Waals surface area (Å²) in [5, 5.41) is 11.5. The van der Waals surface area contributed by atoms with Gasteiger partial charge in [-0.05, 0) is 48.9 Å². The van der Waals surface area contributed by atoms with Gasteiger partial charge in [-0.15, -0.1) is 0 Å². The van der Waals surface area contributed by atoms with Gasteiger partial charge in [-0.3, -0.25) is 39.9 Å². The Hall–Kier alpha value is -4.51. The van der Waals surface area contributed by atoms with Crippen molar-refractivity contribution in [2.24, 2.45) is 0 Å². The first kappa shape index (κ1) is 23.6. The normalized spacial score (nSPS) is 10.7. The third-order valence-corrected chi connectivity index (χ3v) is 5.93. The predicted molar refractivity (Wildman–Crippen MR) is 132 cm³/mol. The smallest absolute Gasteiger partial charge is 0.269 e. The molecule has 0 bridgehead atoms. The first-order chi connectivity index (χ1) is 16.8. The van der Waals surface area contributed by atoms with Crippen LogP contribution in [0.15, 0.2) is 82.7 Å². The van der Waals surface area contributed by atoms with Gasteiger partial charge in [0.2, 0.25) is 5.91 Å². The number of rotatable bonds is 6. The molecule has 4 rings (SSSR count). The summed E-state index contributed by atoms with van der Waals surface area (Å²) in [6.07, 6.45) is 0. The quantitative estimate of drug-likeness (QED) is 0.184. The highest BCUT2D eigenvalue weighted by atomic mass is 32.2. The first-order valence-electron chi connectivity index (χ1n) is 10.4. The first-order valence-corrected chi connectivity index (χ1v) is 11.4. The number of nitrogens with zero attached hydrogens (tertiary/aromatic N) is 3. The van der Waals surface area contributed by atoms with Gasteiger partial charge in [0.1, 0.15) is 0 Å². The predicted octanol–water partition coefficient (Wildman–Crippen LogP) is 3.16. The van der Waals surface area contributed by atoms with Crippen LogP contribution in [-0.4, -0.2) is 32.0 Å². The van der Waals surface area contributed by atoms with E-state index < -0.39 is 16.7 Å². The van der Waals surface area contributed by atoms with Crippen LogP contribution in [0.3, 0.4) is 0 Å². The molecule has 2 N–H and O–H groups in total. The van der Waals surface area contributed by atoms with Crippen molar-refractivity contribution < 1.29 is 14.5 Å². The van der Waals surface area contributed by atoms with Crippen molar-refractivity contribution in [2.75, 3.05) is 5.75 Å². The van der Waals surface area contributed by atoms with Gasteiger partial charge in [-0.2, -0.15) is 0 Å². The zero-order valence-corrected chi connectivity index (χ0v) is 19.2. The van der Waals surface area contributed by atoms with E-state index in [1.807, 2.05) is 25.1 Å². The van der Waals surface area contributed by atoms with Gasteiger partial charge in [0.25, 0.3) is 17.2 Å². The topological polar surface area (TPSA) is 136 Å². The van der Waals surface area contributed by atoms with Crippen molar-refractivity contribution in [3.63, 3.8) is 0 Å². The second-order valence-electron chi connectivity index (χ2n) is 7.49. The molecule has 1 heterocycles. The maximum atomic E-state index is 13.3. The van der Waals surface area contributed by atoms with E-state index in [0.29, 0.717) is 21.7 Å². The maximum Gasteiger partial charge on any atom is 0.269 e. The zero-order valence-electron chi connectivity index (χ0n) is 18.4. The molecule has 3 aromatic carbocycles. The second-order valence-corrected chi connectivity index (χ2v) is 8.43. The van der Waals surface area contributed by atoms with Crippen LogP contribution >= 0.6 is 11.8 Å². The average molecular weight is 490 g/mol. The van der Waals surface area contributed by atoms with Crippen LogP contribution in [-0.2, 0) is 4.79 Å². The van der Waals surface area contributed by atoms with E-state index in [-0.39, 0.29) is 22.6 Å². The fourth-order valence-corrected chi connectivity index (χ4v) is 4.12. The SMILES string of the molecule is Cc1cccc(-n2c(SCC(=O)NNC(=O)c3ccc([N+](=O)[O-])cc3)nc3ccccc3c2=O)c1. The number of carbonyl (C=O) groups is 2. The molecule has 0 fully saturated rings. The van der Waals surface area contributed by atoms with E-state index in [2.05, 4.69) is 15.8 Å². The van der Waals surface area contributed by atoms with Crippen LogP contribution < -0.4 is 16.4 Å². The summed E-state index contributed by atoms with van der Waals surface area (Å²) < 4.78 is 1.46. The number of aromatic nitrogens is 2. The van der Waals surface area contributed by atoms with Gasteiger partial charge < -0.3 is 0 Å². The molecule has 2 amide bonds. The lowest BCUT2D eigenvalue weighted by Gasteiger charge is -2.14. The number of para-hydroxylation sites is 1. The number of carbonyl (C=O) groups excluding carboxylic acids is 2. The van der Waals surface area contributed by atoms with Gasteiger partial charge in [0.05, 0.1) is 27.3 Å². The molecule has 0 saturated carbocycles. The Kier molecular flexibility index (Phi) is 6.88. The molecule has 4 aromatic rings. The molecule has 0 atom stereocenters. The van der Waals surface area contributed by atoms with Gasteiger partial charge in [0, 0.05) is 17.7 Å². The summed E-state index contributed by atoms with van der Waals surface area (Å²) in [5.41, 5.74) is 6.41. The summed E-state index contributed by atoms with van der Waals surface area (Å²) >= 11 is 1.05. The van der Waals surface area contributed by atoms with Gasteiger partial charge in [-0.25, -0.2) is 4.98 Å². The van der Waals surface area contributed by atoms with Crippen LogP contribution in [0, 0.1) is 17.0 Å². The molecule has 0 spiro atoms. The highest BCUT2D eigenvalue weighted by Crippen LogP contribution is 2.21. The van der Waals surface area contributed by atoms with Crippen molar-refractivity contribution in [3.05, 3.63) is 104 Å². The van der Waals surface area contributed by atoms with Gasteiger partial charge >= 0.3 is 0 Å². The fraction of sp³-hybridized carbons (Fsp3) is 0.0833.